The molecule has 0 aromatic heterocycles. The van der Waals surface area contributed by atoms with Gasteiger partial charge in [0.05, 0.1) is 39.3 Å². The van der Waals surface area contributed by atoms with E-state index in [2.05, 4.69) is 19.6 Å². The highest BCUT2D eigenvalue weighted by molar-refractivity contribution is 7.94. The standard InChI is InChI=1S/C19H15F3N4O8S2/c20-19(21,22)11-7-10(24-15(28)8-36(30,31)32)4-5-12(11)25-26-18-16-9(2-1-3-13(16)27)6-14(17(18)23)35-34-33-29/h1-7,27,29H,8,23H2,(H,24,28)(H,30,31,32). The molecule has 0 saturated heterocycles. The Morgan fingerprint density at radius 2 is 1.89 bits per heavy atom. The van der Waals surface area contributed by atoms with Crippen molar-refractivity contribution in [1.29, 1.82) is 0 Å². The Kier molecular flexibility index (Phi) is 8.02. The van der Waals surface area contributed by atoms with Crippen molar-refractivity contribution in [2.24, 2.45) is 10.2 Å². The molecular weight excluding hydrogens is 533 g/mol. The van der Waals surface area contributed by atoms with E-state index in [0.717, 1.165) is 12.1 Å². The molecule has 3 aromatic rings. The van der Waals surface area contributed by atoms with Gasteiger partial charge in [-0.3, -0.25) is 9.35 Å². The zero-order valence-corrected chi connectivity index (χ0v) is 19.2. The lowest BCUT2D eigenvalue weighted by Gasteiger charge is -2.13. The number of nitrogens with zero attached hydrogens (tertiary/aromatic N) is 2. The van der Waals surface area contributed by atoms with Crippen LogP contribution in [0.3, 0.4) is 0 Å². The Morgan fingerprint density at radius 3 is 2.53 bits per heavy atom. The van der Waals surface area contributed by atoms with Gasteiger partial charge in [0.25, 0.3) is 10.1 Å². The number of benzene rings is 3. The van der Waals surface area contributed by atoms with Crippen LogP contribution in [-0.4, -0.2) is 35.0 Å². The number of amides is 1. The van der Waals surface area contributed by atoms with Gasteiger partial charge in [0.1, 0.15) is 11.4 Å². The third-order valence-electron chi connectivity index (χ3n) is 4.43. The normalized spacial score (nSPS) is 12.4. The lowest BCUT2D eigenvalue weighted by Crippen LogP contribution is -2.22. The maximum absolute atomic E-state index is 13.7. The minimum atomic E-state index is -4.97. The number of azo groups is 1. The summed E-state index contributed by atoms with van der Waals surface area (Å²) < 4.78 is 75.7. The molecule has 3 rings (SSSR count). The minimum Gasteiger partial charge on any atom is -0.507 e. The van der Waals surface area contributed by atoms with Crippen LogP contribution in [0.25, 0.3) is 10.8 Å². The number of aromatic hydroxyl groups is 1. The third-order valence-corrected chi connectivity index (χ3v) is 5.70. The zero-order valence-electron chi connectivity index (χ0n) is 17.6. The summed E-state index contributed by atoms with van der Waals surface area (Å²) in [4.78, 5) is 11.8. The number of anilines is 2. The van der Waals surface area contributed by atoms with Crippen molar-refractivity contribution in [2.75, 3.05) is 16.8 Å². The van der Waals surface area contributed by atoms with E-state index in [0.29, 0.717) is 23.5 Å². The third kappa shape index (κ3) is 6.59. The first-order chi connectivity index (χ1) is 16.8. The van der Waals surface area contributed by atoms with Crippen LogP contribution in [0.2, 0.25) is 0 Å². The van der Waals surface area contributed by atoms with Gasteiger partial charge < -0.3 is 16.2 Å². The number of nitrogens with two attached hydrogens (primary N) is 1. The Bertz CT molecular complexity index is 1450. The zero-order chi connectivity index (χ0) is 26.7. The predicted molar refractivity (Wildman–Crippen MR) is 121 cm³/mol. The molecular formula is C19H15F3N4O8S2. The fourth-order valence-corrected chi connectivity index (χ4v) is 3.89. The van der Waals surface area contributed by atoms with Crippen molar-refractivity contribution in [2.45, 2.75) is 11.1 Å². The van der Waals surface area contributed by atoms with Crippen LogP contribution in [0.15, 0.2) is 57.6 Å². The summed E-state index contributed by atoms with van der Waals surface area (Å²) in [7, 11) is -4.70. The van der Waals surface area contributed by atoms with Crippen LogP contribution in [0.1, 0.15) is 5.56 Å². The molecule has 0 heterocycles. The number of nitrogen functional groups attached to an aromatic ring is 1. The number of fused-ring (bicyclic) bond motifs is 1. The topological polar surface area (TPSA) is 193 Å². The maximum atomic E-state index is 13.7. The molecule has 36 heavy (non-hydrogen) atoms. The van der Waals surface area contributed by atoms with E-state index >= 15 is 0 Å². The van der Waals surface area contributed by atoms with E-state index in [1.807, 2.05) is 5.32 Å². The van der Waals surface area contributed by atoms with Gasteiger partial charge in [0.2, 0.25) is 5.91 Å². The molecule has 0 unspecified atom stereocenters. The van der Waals surface area contributed by atoms with E-state index in [1.54, 1.807) is 6.07 Å². The predicted octanol–water partition coefficient (Wildman–Crippen LogP) is 4.82. The molecule has 192 valence electrons. The largest absolute Gasteiger partial charge is 0.507 e. The van der Waals surface area contributed by atoms with Gasteiger partial charge in [-0.25, -0.2) is 5.26 Å². The van der Waals surface area contributed by atoms with Crippen LogP contribution in [0, 0.1) is 0 Å². The smallest absolute Gasteiger partial charge is 0.418 e. The van der Waals surface area contributed by atoms with Crippen LogP contribution in [-0.2, 0) is 30.5 Å². The van der Waals surface area contributed by atoms with E-state index in [-0.39, 0.29) is 27.4 Å². The Labute approximate surface area is 204 Å². The van der Waals surface area contributed by atoms with E-state index in [4.69, 9.17) is 15.5 Å². The van der Waals surface area contributed by atoms with Crippen LogP contribution >= 0.6 is 12.0 Å². The fraction of sp³-hybridized carbons (Fsp3) is 0.105. The number of halogens is 3. The molecule has 17 heteroatoms. The molecule has 1 amide bonds. The molecule has 12 nitrogen and oxygen atoms in total. The first-order valence-electron chi connectivity index (χ1n) is 9.37. The van der Waals surface area contributed by atoms with Gasteiger partial charge >= 0.3 is 6.18 Å². The van der Waals surface area contributed by atoms with Crippen LogP contribution < -0.4 is 11.1 Å². The Balaban J connectivity index is 2.08. The van der Waals surface area contributed by atoms with E-state index in [1.165, 1.54) is 18.2 Å². The van der Waals surface area contributed by atoms with Crippen molar-refractivity contribution >= 4 is 61.6 Å². The number of phenols is 1. The van der Waals surface area contributed by atoms with Crippen molar-refractivity contribution in [3.63, 3.8) is 0 Å². The number of alkyl halides is 3. The summed E-state index contributed by atoms with van der Waals surface area (Å²) in [5.41, 5.74) is 3.19. The summed E-state index contributed by atoms with van der Waals surface area (Å²) >= 11 is 0.461. The maximum Gasteiger partial charge on any atom is 0.418 e. The number of carbonyl (C=O) groups is 1. The second-order valence-electron chi connectivity index (χ2n) is 6.94. The van der Waals surface area contributed by atoms with Crippen molar-refractivity contribution in [3.8, 4) is 5.75 Å². The number of hydrogen-bond donors (Lipinski definition) is 5. The van der Waals surface area contributed by atoms with Crippen LogP contribution in [0.5, 0.6) is 5.75 Å². The second kappa shape index (κ2) is 10.6. The van der Waals surface area contributed by atoms with E-state index < -0.39 is 44.9 Å². The van der Waals surface area contributed by atoms with Crippen molar-refractivity contribution in [3.05, 3.63) is 48.0 Å². The number of phenolic OH excluding ortho intramolecular Hbond substituents is 1. The Morgan fingerprint density at radius 1 is 1.17 bits per heavy atom. The average molecular weight is 548 g/mol. The first-order valence-corrected chi connectivity index (χ1v) is 11.7. The van der Waals surface area contributed by atoms with Gasteiger partial charge in [0, 0.05) is 5.69 Å². The summed E-state index contributed by atoms with van der Waals surface area (Å²) in [5.74, 6) is -2.92. The molecule has 0 atom stereocenters. The number of rotatable bonds is 8. The lowest BCUT2D eigenvalue weighted by molar-refractivity contribution is -0.432. The number of nitrogens with one attached hydrogen (secondary N) is 1. The number of hydrogen-bond acceptors (Lipinski definition) is 11. The monoisotopic (exact) mass is 548 g/mol. The molecule has 0 radical (unpaired) electrons. The second-order valence-corrected chi connectivity index (χ2v) is 9.14. The summed E-state index contributed by atoms with van der Waals surface area (Å²) in [6.07, 6.45) is -4.97. The van der Waals surface area contributed by atoms with Gasteiger partial charge in [-0.1, -0.05) is 17.2 Å². The molecule has 0 aliphatic carbocycles. The SMILES string of the molecule is Nc1c(SOOO)cc2cccc(O)c2c1N=Nc1ccc(NC(=O)CS(=O)(=O)O)cc1C(F)(F)F. The summed E-state index contributed by atoms with van der Waals surface area (Å²) in [6, 6.07) is 8.13. The molecule has 0 spiro atoms. The Hall–Kier alpha value is -3.48. The van der Waals surface area contributed by atoms with Gasteiger partial charge in [-0.15, -0.1) is 14.6 Å². The highest BCUT2D eigenvalue weighted by atomic mass is 32.2. The number of carbonyl (C=O) groups excluding carboxylic acids is 1. The van der Waals surface area contributed by atoms with E-state index in [9.17, 15) is 31.5 Å². The molecule has 3 aromatic carbocycles. The summed E-state index contributed by atoms with van der Waals surface area (Å²) in [5, 5.41) is 32.0. The van der Waals surface area contributed by atoms with Gasteiger partial charge in [-0.2, -0.15) is 21.6 Å². The molecule has 0 aliphatic rings. The molecule has 6 N–H and O–H groups in total. The quantitative estimate of drug-likeness (QED) is 0.0651. The minimum absolute atomic E-state index is 0.0654. The average Bonchev–Trinajstić information content (AvgIpc) is 2.76. The first kappa shape index (κ1) is 27.1. The van der Waals surface area contributed by atoms with Crippen molar-refractivity contribution in [1.82, 2.24) is 0 Å². The fourth-order valence-electron chi connectivity index (χ4n) is 3.03. The van der Waals surface area contributed by atoms with Crippen LogP contribution in [0.4, 0.5) is 35.9 Å². The highest BCUT2D eigenvalue weighted by Crippen LogP contribution is 2.45. The molecule has 0 saturated carbocycles. The lowest BCUT2D eigenvalue weighted by atomic mass is 10.1. The molecule has 0 fully saturated rings. The highest BCUT2D eigenvalue weighted by Gasteiger charge is 2.34. The van der Waals surface area contributed by atoms with Gasteiger partial charge in [0.15, 0.2) is 5.75 Å². The van der Waals surface area contributed by atoms with Crippen molar-refractivity contribution < 1.29 is 50.7 Å². The molecule has 0 bridgehead atoms. The van der Waals surface area contributed by atoms with Gasteiger partial charge in [-0.05, 0) is 35.7 Å². The molecule has 0 aliphatic heterocycles. The summed E-state index contributed by atoms with van der Waals surface area (Å²) in [6.45, 7) is 0.